The number of nitrogens with two attached hydrogens (primary N) is 1. The van der Waals surface area contributed by atoms with E-state index in [2.05, 4.69) is 26.9 Å². The van der Waals surface area contributed by atoms with Crippen molar-refractivity contribution in [3.05, 3.63) is 29.6 Å². The topological polar surface area (TPSA) is 45.4 Å². The molecule has 0 aliphatic carbocycles. The van der Waals surface area contributed by atoms with Crippen LogP contribution in [0.15, 0.2) is 18.3 Å². The van der Waals surface area contributed by atoms with Gasteiger partial charge in [0, 0.05) is 38.4 Å². The van der Waals surface area contributed by atoms with Crippen LogP contribution in [0.3, 0.4) is 0 Å². The van der Waals surface area contributed by atoms with Crippen LogP contribution in [-0.4, -0.2) is 47.0 Å². The number of nitrogens with zero attached hydrogens (tertiary/aromatic N) is 3. The van der Waals surface area contributed by atoms with E-state index in [9.17, 15) is 0 Å². The third kappa shape index (κ3) is 4.02. The molecule has 0 amide bonds. The summed E-state index contributed by atoms with van der Waals surface area (Å²) in [5, 5.41) is 0. The van der Waals surface area contributed by atoms with Crippen LogP contribution in [0.4, 0.5) is 0 Å². The minimum Gasteiger partial charge on any atom is -0.326 e. The number of pyridine rings is 1. The van der Waals surface area contributed by atoms with Crippen LogP contribution < -0.4 is 5.73 Å². The van der Waals surface area contributed by atoms with Crippen molar-refractivity contribution >= 4 is 0 Å². The fraction of sp³-hybridized carbons (Fsp3) is 0.706. The smallest absolute Gasteiger partial charge is 0.0544 e. The molecule has 1 aromatic heterocycles. The maximum atomic E-state index is 5.62. The Kier molecular flexibility index (Phi) is 5.22. The van der Waals surface area contributed by atoms with Crippen molar-refractivity contribution in [1.82, 2.24) is 14.8 Å². The number of likely N-dealkylation sites (tertiary alicyclic amines) is 2. The van der Waals surface area contributed by atoms with Crippen LogP contribution in [-0.2, 0) is 13.1 Å². The minimum atomic E-state index is 0.578. The lowest BCUT2D eigenvalue weighted by Crippen LogP contribution is -2.46. The summed E-state index contributed by atoms with van der Waals surface area (Å²) in [4.78, 5) is 9.80. The zero-order valence-electron chi connectivity index (χ0n) is 13.0. The van der Waals surface area contributed by atoms with E-state index in [1.807, 2.05) is 6.20 Å². The predicted octanol–water partition coefficient (Wildman–Crippen LogP) is 1.99. The van der Waals surface area contributed by atoms with Crippen LogP contribution in [0.2, 0.25) is 0 Å². The van der Waals surface area contributed by atoms with Gasteiger partial charge in [0.05, 0.1) is 5.69 Å². The fourth-order valence-electron chi connectivity index (χ4n) is 3.62. The third-order valence-electron chi connectivity index (χ3n) is 4.97. The molecule has 4 heteroatoms. The van der Waals surface area contributed by atoms with E-state index < -0.39 is 0 Å². The molecule has 0 atom stereocenters. The molecule has 3 heterocycles. The Morgan fingerprint density at radius 1 is 1.05 bits per heavy atom. The second-order valence-electron chi connectivity index (χ2n) is 6.47. The van der Waals surface area contributed by atoms with Gasteiger partial charge in [0.2, 0.25) is 0 Å². The van der Waals surface area contributed by atoms with Gasteiger partial charge in [-0.15, -0.1) is 0 Å². The van der Waals surface area contributed by atoms with Crippen LogP contribution in [0, 0.1) is 0 Å². The Hall–Kier alpha value is -0.970. The van der Waals surface area contributed by atoms with Gasteiger partial charge in [0.15, 0.2) is 0 Å². The molecule has 2 aliphatic heterocycles. The van der Waals surface area contributed by atoms with Crippen molar-refractivity contribution < 1.29 is 0 Å². The maximum absolute atomic E-state index is 5.62. The van der Waals surface area contributed by atoms with E-state index in [-0.39, 0.29) is 0 Å². The normalized spacial score (nSPS) is 22.5. The Bertz CT molecular complexity index is 417. The molecule has 1 aromatic rings. The molecule has 3 rings (SSSR count). The van der Waals surface area contributed by atoms with Gasteiger partial charge < -0.3 is 10.6 Å². The maximum Gasteiger partial charge on any atom is 0.0544 e. The quantitative estimate of drug-likeness (QED) is 0.920. The first-order valence-corrected chi connectivity index (χ1v) is 8.45. The first-order valence-electron chi connectivity index (χ1n) is 8.45. The number of rotatable bonds is 4. The van der Waals surface area contributed by atoms with Crippen molar-refractivity contribution in [2.45, 2.75) is 51.2 Å². The average Bonchev–Trinajstić information content (AvgIpc) is 2.57. The molecular formula is C17H28N4. The summed E-state index contributed by atoms with van der Waals surface area (Å²) < 4.78 is 0. The molecule has 2 saturated heterocycles. The highest BCUT2D eigenvalue weighted by Gasteiger charge is 2.25. The van der Waals surface area contributed by atoms with Crippen molar-refractivity contribution in [3.8, 4) is 0 Å². The minimum absolute atomic E-state index is 0.578. The summed E-state index contributed by atoms with van der Waals surface area (Å²) in [5.74, 6) is 0. The summed E-state index contributed by atoms with van der Waals surface area (Å²) in [6.45, 7) is 6.63. The molecule has 0 aromatic carbocycles. The van der Waals surface area contributed by atoms with Gasteiger partial charge in [-0.05, 0) is 50.4 Å². The molecular weight excluding hydrogens is 260 g/mol. The molecule has 4 nitrogen and oxygen atoms in total. The van der Waals surface area contributed by atoms with Gasteiger partial charge in [-0.25, -0.2) is 0 Å². The van der Waals surface area contributed by atoms with Gasteiger partial charge in [0.25, 0.3) is 0 Å². The lowest BCUT2D eigenvalue weighted by molar-refractivity contribution is 0.0891. The van der Waals surface area contributed by atoms with Crippen LogP contribution in [0.25, 0.3) is 0 Å². The van der Waals surface area contributed by atoms with E-state index in [1.54, 1.807) is 0 Å². The first-order chi connectivity index (χ1) is 10.3. The summed E-state index contributed by atoms with van der Waals surface area (Å²) >= 11 is 0. The summed E-state index contributed by atoms with van der Waals surface area (Å²) in [5.41, 5.74) is 7.90. The van der Waals surface area contributed by atoms with Gasteiger partial charge in [-0.3, -0.25) is 9.88 Å². The summed E-state index contributed by atoms with van der Waals surface area (Å²) in [6.07, 6.45) is 8.78. The molecule has 21 heavy (non-hydrogen) atoms. The Morgan fingerprint density at radius 3 is 2.43 bits per heavy atom. The van der Waals surface area contributed by atoms with Gasteiger partial charge in [-0.1, -0.05) is 12.5 Å². The SMILES string of the molecule is NCc1ccc(CN2CCC(N3CCCCC3)CC2)nc1. The van der Waals surface area contributed by atoms with Crippen molar-refractivity contribution in [2.75, 3.05) is 26.2 Å². The number of aromatic nitrogens is 1. The molecule has 116 valence electrons. The molecule has 0 spiro atoms. The predicted molar refractivity (Wildman–Crippen MR) is 85.9 cm³/mol. The van der Waals surface area contributed by atoms with E-state index in [1.165, 1.54) is 64.0 Å². The largest absolute Gasteiger partial charge is 0.326 e. The van der Waals surface area contributed by atoms with Crippen molar-refractivity contribution in [3.63, 3.8) is 0 Å². The standard InChI is InChI=1S/C17H28N4/c18-12-15-4-5-16(19-13-15)14-20-10-6-17(7-11-20)21-8-2-1-3-9-21/h4-5,13,17H,1-3,6-12,14,18H2. The van der Waals surface area contributed by atoms with E-state index in [0.717, 1.165) is 18.2 Å². The van der Waals surface area contributed by atoms with E-state index >= 15 is 0 Å². The van der Waals surface area contributed by atoms with E-state index in [0.29, 0.717) is 6.54 Å². The van der Waals surface area contributed by atoms with Crippen LogP contribution in [0.5, 0.6) is 0 Å². The van der Waals surface area contributed by atoms with Crippen LogP contribution in [0.1, 0.15) is 43.4 Å². The lowest BCUT2D eigenvalue weighted by atomic mass is 10.00. The monoisotopic (exact) mass is 288 g/mol. The molecule has 2 aliphatic rings. The molecule has 2 fully saturated rings. The van der Waals surface area contributed by atoms with Gasteiger partial charge >= 0.3 is 0 Å². The zero-order valence-corrected chi connectivity index (χ0v) is 13.0. The number of hydrogen-bond acceptors (Lipinski definition) is 4. The third-order valence-corrected chi connectivity index (χ3v) is 4.97. The van der Waals surface area contributed by atoms with Crippen molar-refractivity contribution in [2.24, 2.45) is 5.73 Å². The Labute approximate surface area is 128 Å². The summed E-state index contributed by atoms with van der Waals surface area (Å²) in [7, 11) is 0. The number of hydrogen-bond donors (Lipinski definition) is 1. The number of piperidine rings is 2. The van der Waals surface area contributed by atoms with E-state index in [4.69, 9.17) is 5.73 Å². The second-order valence-corrected chi connectivity index (χ2v) is 6.47. The first kappa shape index (κ1) is 14.9. The van der Waals surface area contributed by atoms with Gasteiger partial charge in [-0.2, -0.15) is 0 Å². The van der Waals surface area contributed by atoms with Crippen LogP contribution >= 0.6 is 0 Å². The highest BCUT2D eigenvalue weighted by molar-refractivity contribution is 5.13. The lowest BCUT2D eigenvalue weighted by Gasteiger charge is -2.40. The second kappa shape index (κ2) is 7.34. The fourth-order valence-corrected chi connectivity index (χ4v) is 3.62. The highest BCUT2D eigenvalue weighted by Crippen LogP contribution is 2.21. The molecule has 0 unspecified atom stereocenters. The summed E-state index contributed by atoms with van der Waals surface area (Å²) in [6, 6.07) is 5.05. The highest BCUT2D eigenvalue weighted by atomic mass is 15.2. The van der Waals surface area contributed by atoms with Crippen molar-refractivity contribution in [1.29, 1.82) is 0 Å². The molecule has 0 bridgehead atoms. The molecule has 0 saturated carbocycles. The average molecular weight is 288 g/mol. The molecule has 0 radical (unpaired) electrons. The van der Waals surface area contributed by atoms with Gasteiger partial charge in [0.1, 0.15) is 0 Å². The Morgan fingerprint density at radius 2 is 1.81 bits per heavy atom. The zero-order chi connectivity index (χ0) is 14.5. The molecule has 2 N–H and O–H groups in total. The Balaban J connectivity index is 1.46.